The zero-order valence-corrected chi connectivity index (χ0v) is 11.1. The second-order valence-corrected chi connectivity index (χ2v) is 5.86. The molecular formula is C12H23N3O2. The van der Waals surface area contributed by atoms with Crippen LogP contribution in [0.25, 0.3) is 0 Å². The molecule has 1 aliphatic rings. The summed E-state index contributed by atoms with van der Waals surface area (Å²) in [5.41, 5.74) is 5.48. The van der Waals surface area contributed by atoms with E-state index >= 15 is 0 Å². The lowest BCUT2D eigenvalue weighted by Gasteiger charge is -2.05. The van der Waals surface area contributed by atoms with E-state index in [0.717, 1.165) is 0 Å². The van der Waals surface area contributed by atoms with E-state index in [0.29, 0.717) is 19.4 Å². The average molecular weight is 241 g/mol. The molecule has 0 aromatic carbocycles. The van der Waals surface area contributed by atoms with Crippen molar-refractivity contribution in [3.8, 4) is 0 Å². The number of nitrogens with one attached hydrogen (secondary N) is 1. The molecule has 5 heteroatoms. The summed E-state index contributed by atoms with van der Waals surface area (Å²) in [5, 5.41) is 14.1. The lowest BCUT2D eigenvalue weighted by Crippen LogP contribution is -2.29. The standard InChI is InChI=1S/C12H23N3O2/c1-11(2)9(12(11,3)4)10(16)14-7-5-6-8(13)15-17/h9,17H,5-7H2,1-4H3,(H2,13,15)(H,14,16). The van der Waals surface area contributed by atoms with Crippen LogP contribution in [0.4, 0.5) is 0 Å². The van der Waals surface area contributed by atoms with Crippen LogP contribution in [0.5, 0.6) is 0 Å². The molecule has 0 aromatic heterocycles. The number of carbonyl (C=O) groups excluding carboxylic acids is 1. The van der Waals surface area contributed by atoms with Crippen molar-refractivity contribution in [1.82, 2.24) is 5.32 Å². The Morgan fingerprint density at radius 2 is 1.88 bits per heavy atom. The molecule has 5 nitrogen and oxygen atoms in total. The van der Waals surface area contributed by atoms with Gasteiger partial charge in [0.2, 0.25) is 5.91 Å². The van der Waals surface area contributed by atoms with E-state index in [-0.39, 0.29) is 28.5 Å². The smallest absolute Gasteiger partial charge is 0.224 e. The fourth-order valence-electron chi connectivity index (χ4n) is 2.48. The van der Waals surface area contributed by atoms with Gasteiger partial charge in [-0.05, 0) is 17.3 Å². The summed E-state index contributed by atoms with van der Waals surface area (Å²) in [5.74, 6) is 0.393. The topological polar surface area (TPSA) is 87.7 Å². The highest BCUT2D eigenvalue weighted by Crippen LogP contribution is 2.68. The molecule has 0 aliphatic heterocycles. The van der Waals surface area contributed by atoms with Gasteiger partial charge in [-0.3, -0.25) is 4.79 Å². The molecule has 0 bridgehead atoms. The number of hydrogen-bond acceptors (Lipinski definition) is 3. The third-order valence-corrected chi connectivity index (χ3v) is 4.32. The molecular weight excluding hydrogens is 218 g/mol. The Labute approximate surface area is 102 Å². The number of nitrogens with two attached hydrogens (primary N) is 1. The van der Waals surface area contributed by atoms with E-state index in [1.807, 2.05) is 0 Å². The number of carbonyl (C=O) groups is 1. The fraction of sp³-hybridized carbons (Fsp3) is 0.833. The molecule has 0 heterocycles. The number of amidine groups is 1. The van der Waals surface area contributed by atoms with Gasteiger partial charge < -0.3 is 16.3 Å². The van der Waals surface area contributed by atoms with Gasteiger partial charge in [0.15, 0.2) is 0 Å². The molecule has 0 unspecified atom stereocenters. The summed E-state index contributed by atoms with van der Waals surface area (Å²) in [4.78, 5) is 11.9. The van der Waals surface area contributed by atoms with E-state index in [1.165, 1.54) is 0 Å². The Kier molecular flexibility index (Phi) is 3.69. The molecule has 0 saturated heterocycles. The lowest BCUT2D eigenvalue weighted by molar-refractivity contribution is -0.123. The first-order valence-corrected chi connectivity index (χ1v) is 5.99. The molecule has 17 heavy (non-hydrogen) atoms. The Hall–Kier alpha value is -1.26. The van der Waals surface area contributed by atoms with Gasteiger partial charge in [0.05, 0.1) is 0 Å². The minimum atomic E-state index is 0.0721. The van der Waals surface area contributed by atoms with E-state index in [9.17, 15) is 4.79 Å². The molecule has 98 valence electrons. The predicted molar refractivity (Wildman–Crippen MR) is 66.7 cm³/mol. The predicted octanol–water partition coefficient (Wildman–Crippen LogP) is 1.31. The molecule has 1 amide bonds. The van der Waals surface area contributed by atoms with E-state index in [4.69, 9.17) is 10.9 Å². The fourth-order valence-corrected chi connectivity index (χ4v) is 2.48. The number of oxime groups is 1. The average Bonchev–Trinajstić information content (AvgIpc) is 2.64. The van der Waals surface area contributed by atoms with Gasteiger partial charge in [-0.25, -0.2) is 0 Å². The first-order chi connectivity index (χ1) is 7.75. The van der Waals surface area contributed by atoms with Crippen molar-refractivity contribution < 1.29 is 10.0 Å². The van der Waals surface area contributed by atoms with Crippen LogP contribution in [0, 0.1) is 16.7 Å². The van der Waals surface area contributed by atoms with Gasteiger partial charge >= 0.3 is 0 Å². The first-order valence-electron chi connectivity index (χ1n) is 5.99. The maximum absolute atomic E-state index is 11.9. The maximum atomic E-state index is 11.9. The molecule has 0 aromatic rings. The highest BCUT2D eigenvalue weighted by atomic mass is 16.4. The van der Waals surface area contributed by atoms with Gasteiger partial charge in [0, 0.05) is 18.9 Å². The highest BCUT2D eigenvalue weighted by Gasteiger charge is 2.68. The van der Waals surface area contributed by atoms with Gasteiger partial charge in [-0.15, -0.1) is 0 Å². The van der Waals surface area contributed by atoms with Crippen molar-refractivity contribution in [2.75, 3.05) is 6.54 Å². The lowest BCUT2D eigenvalue weighted by atomic mass is 10.0. The molecule has 1 aliphatic carbocycles. The quantitative estimate of drug-likeness (QED) is 0.223. The van der Waals surface area contributed by atoms with Gasteiger partial charge in [-0.1, -0.05) is 32.9 Å². The van der Waals surface area contributed by atoms with E-state index in [1.54, 1.807) is 0 Å². The van der Waals surface area contributed by atoms with Gasteiger partial charge in [0.1, 0.15) is 5.84 Å². The number of hydrogen-bond donors (Lipinski definition) is 3. The van der Waals surface area contributed by atoms with Crippen LogP contribution in [-0.2, 0) is 4.79 Å². The molecule has 1 fully saturated rings. The minimum absolute atomic E-state index is 0.0721. The van der Waals surface area contributed by atoms with Crippen molar-refractivity contribution in [3.63, 3.8) is 0 Å². The van der Waals surface area contributed by atoms with Crippen LogP contribution in [-0.4, -0.2) is 23.5 Å². The highest BCUT2D eigenvalue weighted by molar-refractivity contribution is 5.84. The zero-order chi connectivity index (χ0) is 13.3. The summed E-state index contributed by atoms with van der Waals surface area (Å²) in [6.07, 6.45) is 1.18. The molecule has 1 rings (SSSR count). The number of rotatable bonds is 5. The summed E-state index contributed by atoms with van der Waals surface area (Å²) in [6.45, 7) is 9.04. The second kappa shape index (κ2) is 4.55. The summed E-state index contributed by atoms with van der Waals surface area (Å²) in [6, 6.07) is 0. The first kappa shape index (κ1) is 13.8. The molecule has 0 spiro atoms. The third-order valence-electron chi connectivity index (χ3n) is 4.32. The van der Waals surface area contributed by atoms with Crippen molar-refractivity contribution in [2.45, 2.75) is 40.5 Å². The normalized spacial score (nSPS) is 22.2. The Morgan fingerprint density at radius 3 is 2.29 bits per heavy atom. The summed E-state index contributed by atoms with van der Waals surface area (Å²) < 4.78 is 0. The minimum Gasteiger partial charge on any atom is -0.409 e. The number of nitrogens with zero attached hydrogens (tertiary/aromatic N) is 1. The molecule has 0 atom stereocenters. The van der Waals surface area contributed by atoms with Crippen molar-refractivity contribution >= 4 is 11.7 Å². The van der Waals surface area contributed by atoms with Crippen LogP contribution in [0.1, 0.15) is 40.5 Å². The SMILES string of the molecule is CC1(C)C(C(=O)NCCCC(N)=NO)C1(C)C. The Balaban J connectivity index is 2.29. The molecule has 0 radical (unpaired) electrons. The van der Waals surface area contributed by atoms with Crippen molar-refractivity contribution in [2.24, 2.45) is 27.6 Å². The van der Waals surface area contributed by atoms with Crippen LogP contribution in [0.15, 0.2) is 5.16 Å². The summed E-state index contributed by atoms with van der Waals surface area (Å²) >= 11 is 0. The van der Waals surface area contributed by atoms with Crippen molar-refractivity contribution in [1.29, 1.82) is 0 Å². The van der Waals surface area contributed by atoms with Crippen LogP contribution >= 0.6 is 0 Å². The van der Waals surface area contributed by atoms with Crippen LogP contribution in [0.2, 0.25) is 0 Å². The maximum Gasteiger partial charge on any atom is 0.224 e. The van der Waals surface area contributed by atoms with Gasteiger partial charge in [-0.2, -0.15) is 0 Å². The van der Waals surface area contributed by atoms with Crippen LogP contribution < -0.4 is 11.1 Å². The Bertz CT molecular complexity index is 321. The zero-order valence-electron chi connectivity index (χ0n) is 11.1. The molecule has 4 N–H and O–H groups in total. The van der Waals surface area contributed by atoms with E-state index < -0.39 is 0 Å². The monoisotopic (exact) mass is 241 g/mol. The van der Waals surface area contributed by atoms with E-state index in [2.05, 4.69) is 38.2 Å². The Morgan fingerprint density at radius 1 is 1.35 bits per heavy atom. The third kappa shape index (κ3) is 2.53. The molecule has 1 saturated carbocycles. The van der Waals surface area contributed by atoms with Crippen LogP contribution in [0.3, 0.4) is 0 Å². The summed E-state index contributed by atoms with van der Waals surface area (Å²) in [7, 11) is 0. The van der Waals surface area contributed by atoms with Gasteiger partial charge in [0.25, 0.3) is 0 Å². The largest absolute Gasteiger partial charge is 0.409 e. The second-order valence-electron chi connectivity index (χ2n) is 5.86. The van der Waals surface area contributed by atoms with Crippen molar-refractivity contribution in [3.05, 3.63) is 0 Å². The number of amides is 1.